The van der Waals surface area contributed by atoms with E-state index in [-0.39, 0.29) is 23.7 Å². The Hall–Kier alpha value is -1.55. The molecule has 2 amide bonds. The van der Waals surface area contributed by atoms with Crippen molar-refractivity contribution < 1.29 is 9.59 Å². The largest absolute Gasteiger partial charge is 0.324 e. The summed E-state index contributed by atoms with van der Waals surface area (Å²) in [5.74, 6) is -0.0840. The van der Waals surface area contributed by atoms with E-state index in [2.05, 4.69) is 38.3 Å². The first-order chi connectivity index (χ1) is 13.0. The molecule has 0 unspecified atom stereocenters. The first-order valence-electron chi connectivity index (χ1n) is 10.4. The standard InChI is InChI=1S/C22H35ClN2O2/c1-5-10-16(11-6-2)21(26)24-19-15-9-14-18(23)20(19)25-22(27)17(12-7-3)13-8-4/h9,14-17H,5-8,10-13H2,1-4H3,(H,24,26)(H,25,27). The molecule has 0 heterocycles. The van der Waals surface area contributed by atoms with Crippen LogP contribution in [0.3, 0.4) is 0 Å². The number of para-hydroxylation sites is 1. The normalized spacial score (nSPS) is 11.1. The molecule has 0 fully saturated rings. The highest BCUT2D eigenvalue weighted by Crippen LogP contribution is 2.32. The summed E-state index contributed by atoms with van der Waals surface area (Å²) >= 11 is 6.35. The van der Waals surface area contributed by atoms with Crippen LogP contribution >= 0.6 is 11.6 Å². The van der Waals surface area contributed by atoms with Crippen molar-refractivity contribution in [3.8, 4) is 0 Å². The van der Waals surface area contributed by atoms with Gasteiger partial charge in [-0.25, -0.2) is 0 Å². The van der Waals surface area contributed by atoms with E-state index in [0.717, 1.165) is 51.4 Å². The van der Waals surface area contributed by atoms with E-state index in [0.29, 0.717) is 16.4 Å². The highest BCUT2D eigenvalue weighted by molar-refractivity contribution is 6.34. The molecule has 4 nitrogen and oxygen atoms in total. The van der Waals surface area contributed by atoms with Crippen molar-refractivity contribution in [2.45, 2.75) is 79.1 Å². The van der Waals surface area contributed by atoms with E-state index in [1.165, 1.54) is 0 Å². The number of anilines is 2. The molecular formula is C22H35ClN2O2. The number of carbonyl (C=O) groups is 2. The van der Waals surface area contributed by atoms with Crippen molar-refractivity contribution in [3.63, 3.8) is 0 Å². The van der Waals surface area contributed by atoms with Gasteiger partial charge in [0.2, 0.25) is 11.8 Å². The van der Waals surface area contributed by atoms with Crippen molar-refractivity contribution in [3.05, 3.63) is 23.2 Å². The second-order valence-corrected chi connectivity index (χ2v) is 7.60. The van der Waals surface area contributed by atoms with Gasteiger partial charge < -0.3 is 10.6 Å². The summed E-state index contributed by atoms with van der Waals surface area (Å²) in [5, 5.41) is 6.40. The molecule has 152 valence electrons. The van der Waals surface area contributed by atoms with E-state index in [9.17, 15) is 9.59 Å². The van der Waals surface area contributed by atoms with Gasteiger partial charge >= 0.3 is 0 Å². The van der Waals surface area contributed by atoms with Gasteiger partial charge in [0.1, 0.15) is 0 Å². The Morgan fingerprint density at radius 2 is 1.26 bits per heavy atom. The third-order valence-corrected chi connectivity index (χ3v) is 5.12. The Bertz CT molecular complexity index is 592. The molecule has 0 aliphatic rings. The van der Waals surface area contributed by atoms with Crippen LogP contribution in [0.4, 0.5) is 11.4 Å². The van der Waals surface area contributed by atoms with Gasteiger partial charge in [0.15, 0.2) is 0 Å². The quantitative estimate of drug-likeness (QED) is 0.417. The van der Waals surface area contributed by atoms with Gasteiger partial charge in [-0.15, -0.1) is 0 Å². The average Bonchev–Trinajstić information content (AvgIpc) is 2.64. The fourth-order valence-corrected chi connectivity index (χ4v) is 3.64. The van der Waals surface area contributed by atoms with Crippen molar-refractivity contribution in [2.24, 2.45) is 11.8 Å². The van der Waals surface area contributed by atoms with Crippen molar-refractivity contribution >= 4 is 34.8 Å². The van der Waals surface area contributed by atoms with Gasteiger partial charge in [0.25, 0.3) is 0 Å². The highest BCUT2D eigenvalue weighted by atomic mass is 35.5. The maximum Gasteiger partial charge on any atom is 0.227 e. The second kappa shape index (κ2) is 12.8. The third-order valence-electron chi connectivity index (χ3n) is 4.81. The molecule has 0 saturated carbocycles. The molecule has 2 N–H and O–H groups in total. The Labute approximate surface area is 169 Å². The van der Waals surface area contributed by atoms with E-state index in [1.807, 2.05) is 0 Å². The summed E-state index contributed by atoms with van der Waals surface area (Å²) in [5.41, 5.74) is 1.08. The number of benzene rings is 1. The number of nitrogens with one attached hydrogen (secondary N) is 2. The summed E-state index contributed by atoms with van der Waals surface area (Å²) in [4.78, 5) is 25.5. The highest BCUT2D eigenvalue weighted by Gasteiger charge is 2.22. The molecule has 0 aromatic heterocycles. The Balaban J connectivity index is 2.99. The smallest absolute Gasteiger partial charge is 0.227 e. The monoisotopic (exact) mass is 394 g/mol. The lowest BCUT2D eigenvalue weighted by atomic mass is 9.97. The fraction of sp³-hybridized carbons (Fsp3) is 0.636. The first-order valence-corrected chi connectivity index (χ1v) is 10.8. The number of hydrogen-bond acceptors (Lipinski definition) is 2. The van der Waals surface area contributed by atoms with Crippen LogP contribution < -0.4 is 10.6 Å². The van der Waals surface area contributed by atoms with E-state index >= 15 is 0 Å². The number of halogens is 1. The van der Waals surface area contributed by atoms with Crippen LogP contribution in [0, 0.1) is 11.8 Å². The minimum atomic E-state index is -0.0345. The summed E-state index contributed by atoms with van der Waals surface area (Å²) < 4.78 is 0. The Morgan fingerprint density at radius 3 is 1.70 bits per heavy atom. The Kier molecular flexibility index (Phi) is 11.1. The minimum Gasteiger partial charge on any atom is -0.324 e. The van der Waals surface area contributed by atoms with Gasteiger partial charge in [-0.05, 0) is 37.8 Å². The van der Waals surface area contributed by atoms with E-state index < -0.39 is 0 Å². The summed E-state index contributed by atoms with van der Waals surface area (Å²) in [6.07, 6.45) is 7.26. The molecule has 0 aliphatic heterocycles. The van der Waals surface area contributed by atoms with Crippen LogP contribution in [-0.4, -0.2) is 11.8 Å². The molecule has 0 radical (unpaired) electrons. The predicted molar refractivity (Wildman–Crippen MR) is 115 cm³/mol. The molecule has 0 bridgehead atoms. The average molecular weight is 395 g/mol. The van der Waals surface area contributed by atoms with Crippen LogP contribution in [0.15, 0.2) is 18.2 Å². The van der Waals surface area contributed by atoms with Crippen molar-refractivity contribution in [2.75, 3.05) is 10.6 Å². The van der Waals surface area contributed by atoms with Crippen LogP contribution in [0.1, 0.15) is 79.1 Å². The van der Waals surface area contributed by atoms with E-state index in [1.54, 1.807) is 18.2 Å². The molecule has 1 aromatic carbocycles. The molecule has 1 rings (SSSR count). The summed E-state index contributed by atoms with van der Waals surface area (Å²) in [7, 11) is 0. The van der Waals surface area contributed by atoms with Gasteiger partial charge in [-0.1, -0.05) is 71.0 Å². The number of carbonyl (C=O) groups excluding carboxylic acids is 2. The lowest BCUT2D eigenvalue weighted by molar-refractivity contribution is -0.121. The number of hydrogen-bond donors (Lipinski definition) is 2. The summed E-state index contributed by atoms with van der Waals surface area (Å²) in [6, 6.07) is 5.32. The lowest BCUT2D eigenvalue weighted by Crippen LogP contribution is -2.26. The van der Waals surface area contributed by atoms with E-state index in [4.69, 9.17) is 11.6 Å². The molecule has 0 atom stereocenters. The van der Waals surface area contributed by atoms with Crippen LogP contribution in [0.2, 0.25) is 5.02 Å². The van der Waals surface area contributed by atoms with Crippen LogP contribution in [0.25, 0.3) is 0 Å². The number of rotatable bonds is 12. The second-order valence-electron chi connectivity index (χ2n) is 7.19. The van der Waals surface area contributed by atoms with Crippen molar-refractivity contribution in [1.29, 1.82) is 0 Å². The molecule has 0 aliphatic carbocycles. The first kappa shape index (κ1) is 23.5. The predicted octanol–water partition coefficient (Wildman–Crippen LogP) is 6.65. The maximum atomic E-state index is 12.7. The topological polar surface area (TPSA) is 58.2 Å². The van der Waals surface area contributed by atoms with Gasteiger partial charge in [-0.2, -0.15) is 0 Å². The zero-order valence-corrected chi connectivity index (χ0v) is 18.0. The summed E-state index contributed by atoms with van der Waals surface area (Å²) in [6.45, 7) is 8.34. The molecule has 0 spiro atoms. The molecule has 1 aromatic rings. The fourth-order valence-electron chi connectivity index (χ4n) is 3.42. The molecule has 0 saturated heterocycles. The van der Waals surface area contributed by atoms with Gasteiger partial charge in [-0.3, -0.25) is 9.59 Å². The molecular weight excluding hydrogens is 360 g/mol. The van der Waals surface area contributed by atoms with Crippen LogP contribution in [-0.2, 0) is 9.59 Å². The maximum absolute atomic E-state index is 12.7. The minimum absolute atomic E-state index is 0.00451. The van der Waals surface area contributed by atoms with Gasteiger partial charge in [0.05, 0.1) is 16.4 Å². The Morgan fingerprint density at radius 1 is 0.815 bits per heavy atom. The lowest BCUT2D eigenvalue weighted by Gasteiger charge is -2.20. The zero-order valence-electron chi connectivity index (χ0n) is 17.2. The number of amides is 2. The third kappa shape index (κ3) is 7.53. The SMILES string of the molecule is CCCC(CCC)C(=O)Nc1cccc(Cl)c1NC(=O)C(CCC)CCC. The molecule has 27 heavy (non-hydrogen) atoms. The van der Waals surface area contributed by atoms with Crippen LogP contribution in [0.5, 0.6) is 0 Å². The van der Waals surface area contributed by atoms with Crippen molar-refractivity contribution in [1.82, 2.24) is 0 Å². The zero-order chi connectivity index (χ0) is 20.2. The van der Waals surface area contributed by atoms with Gasteiger partial charge in [0, 0.05) is 11.8 Å². The molecule has 5 heteroatoms.